The van der Waals surface area contributed by atoms with Gasteiger partial charge in [-0.1, -0.05) is 11.8 Å². The van der Waals surface area contributed by atoms with Gasteiger partial charge >= 0.3 is 0 Å². The number of aromatic nitrogens is 3. The first kappa shape index (κ1) is 22.2. The molecule has 31 heavy (non-hydrogen) atoms. The van der Waals surface area contributed by atoms with E-state index in [9.17, 15) is 14.4 Å². The number of nitrogens with zero attached hydrogens (tertiary/aromatic N) is 3. The number of thioether (sulfide) groups is 1. The van der Waals surface area contributed by atoms with Gasteiger partial charge in [-0.3, -0.25) is 14.4 Å². The predicted molar refractivity (Wildman–Crippen MR) is 119 cm³/mol. The molecule has 0 saturated carbocycles. The summed E-state index contributed by atoms with van der Waals surface area (Å²) in [5.74, 6) is 0.236. The van der Waals surface area contributed by atoms with Gasteiger partial charge in [-0.2, -0.15) is 0 Å². The van der Waals surface area contributed by atoms with Gasteiger partial charge in [0.05, 0.1) is 13.3 Å². The number of pyridine rings is 1. The van der Waals surface area contributed by atoms with Crippen LogP contribution in [0.3, 0.4) is 0 Å². The number of hydrogen-bond donors (Lipinski definition) is 1. The number of amides is 1. The second kappa shape index (κ2) is 10.0. The normalized spacial score (nSPS) is 10.5. The number of methoxy groups -OCH3 is 1. The molecule has 0 fully saturated rings. The van der Waals surface area contributed by atoms with Gasteiger partial charge in [0.25, 0.3) is 0 Å². The highest BCUT2D eigenvalue weighted by atomic mass is 32.2. The number of nitrogens with one attached hydrogen (secondary N) is 1. The van der Waals surface area contributed by atoms with Crippen LogP contribution in [0.15, 0.2) is 58.7 Å². The summed E-state index contributed by atoms with van der Waals surface area (Å²) in [7, 11) is 1.41. The van der Waals surface area contributed by atoms with Crippen molar-refractivity contribution >= 4 is 29.1 Å². The first-order chi connectivity index (χ1) is 14.9. The summed E-state index contributed by atoms with van der Waals surface area (Å²) in [4.78, 5) is 44.8. The van der Waals surface area contributed by atoms with Crippen LogP contribution in [0.5, 0.6) is 5.75 Å². The molecule has 3 aromatic rings. The van der Waals surface area contributed by atoms with E-state index in [1.807, 2.05) is 6.92 Å². The fraction of sp³-hybridized carbons (Fsp3) is 0.227. The van der Waals surface area contributed by atoms with E-state index in [1.54, 1.807) is 41.1 Å². The highest BCUT2D eigenvalue weighted by Gasteiger charge is 2.12. The fourth-order valence-corrected chi connectivity index (χ4v) is 3.67. The first-order valence-electron chi connectivity index (χ1n) is 9.46. The van der Waals surface area contributed by atoms with Crippen LogP contribution in [0.2, 0.25) is 0 Å². The molecular formula is C22H22N4O4S. The van der Waals surface area contributed by atoms with E-state index < -0.39 is 0 Å². The van der Waals surface area contributed by atoms with Crippen LogP contribution < -0.4 is 15.5 Å². The zero-order valence-corrected chi connectivity index (χ0v) is 18.2. The van der Waals surface area contributed by atoms with Gasteiger partial charge < -0.3 is 14.6 Å². The molecule has 0 bridgehead atoms. The van der Waals surface area contributed by atoms with Gasteiger partial charge in [-0.15, -0.1) is 0 Å². The second-order valence-electron chi connectivity index (χ2n) is 6.78. The van der Waals surface area contributed by atoms with Crippen molar-refractivity contribution in [3.05, 3.63) is 76.0 Å². The summed E-state index contributed by atoms with van der Waals surface area (Å²) in [6, 6.07) is 9.92. The van der Waals surface area contributed by atoms with Gasteiger partial charge in [-0.25, -0.2) is 9.97 Å². The molecule has 1 N–H and O–H groups in total. The number of Topliss-reactive ketones (excluding diaryl/α,β-unsaturated/α-hetero) is 1. The average molecular weight is 439 g/mol. The molecule has 0 spiro atoms. The molecule has 0 aliphatic rings. The molecule has 0 saturated heterocycles. The monoisotopic (exact) mass is 438 g/mol. The Labute approximate surface area is 183 Å². The van der Waals surface area contributed by atoms with E-state index in [-0.39, 0.29) is 29.4 Å². The van der Waals surface area contributed by atoms with E-state index in [2.05, 4.69) is 15.3 Å². The van der Waals surface area contributed by atoms with E-state index in [0.29, 0.717) is 27.9 Å². The van der Waals surface area contributed by atoms with Gasteiger partial charge in [-0.05, 0) is 44.2 Å². The third kappa shape index (κ3) is 6.02. The lowest BCUT2D eigenvalue weighted by Crippen LogP contribution is -2.22. The summed E-state index contributed by atoms with van der Waals surface area (Å²) < 4.78 is 6.80. The molecule has 3 rings (SSSR count). The number of benzene rings is 1. The van der Waals surface area contributed by atoms with Crippen LogP contribution in [0.4, 0.5) is 5.69 Å². The Balaban J connectivity index is 1.77. The molecular weight excluding hydrogens is 416 g/mol. The molecule has 2 aromatic heterocycles. The Morgan fingerprint density at radius 3 is 2.58 bits per heavy atom. The molecule has 2 heterocycles. The maximum absolute atomic E-state index is 12.6. The van der Waals surface area contributed by atoms with E-state index in [4.69, 9.17) is 4.74 Å². The number of aryl methyl sites for hydroxylation is 1. The van der Waals surface area contributed by atoms with Crippen LogP contribution in [0.25, 0.3) is 0 Å². The Morgan fingerprint density at radius 1 is 1.19 bits per heavy atom. The van der Waals surface area contributed by atoms with Crippen molar-refractivity contribution in [2.75, 3.05) is 12.4 Å². The Bertz CT molecular complexity index is 1160. The Hall–Kier alpha value is -3.46. The zero-order valence-electron chi connectivity index (χ0n) is 17.4. The Kier molecular flexibility index (Phi) is 7.19. The quantitative estimate of drug-likeness (QED) is 0.327. The zero-order chi connectivity index (χ0) is 22.4. The molecule has 9 heteroatoms. The van der Waals surface area contributed by atoms with Crippen molar-refractivity contribution < 1.29 is 14.3 Å². The lowest BCUT2D eigenvalue weighted by Gasteiger charge is -2.15. The molecule has 0 aliphatic carbocycles. The average Bonchev–Trinajstić information content (AvgIpc) is 2.74. The molecule has 8 nitrogen and oxygen atoms in total. The summed E-state index contributed by atoms with van der Waals surface area (Å²) in [6.45, 7) is 3.34. The van der Waals surface area contributed by atoms with Gasteiger partial charge in [0.1, 0.15) is 6.54 Å². The van der Waals surface area contributed by atoms with Gasteiger partial charge in [0, 0.05) is 40.7 Å². The second-order valence-corrected chi connectivity index (χ2v) is 7.72. The number of rotatable bonds is 8. The standard InChI is InChI=1S/C22H22N4O4S/c1-14-8-9-23-22(24-14)31-13-18-10-19(28)20(30-3)11-26(18)12-21(29)25-17-6-4-16(5-7-17)15(2)27/h4-11H,12-13H2,1-3H3,(H,25,29). The van der Waals surface area contributed by atoms with Gasteiger partial charge in [0.2, 0.25) is 11.3 Å². The Morgan fingerprint density at radius 2 is 1.94 bits per heavy atom. The molecule has 0 radical (unpaired) electrons. The third-order valence-electron chi connectivity index (χ3n) is 4.41. The van der Waals surface area contributed by atoms with Crippen LogP contribution in [-0.4, -0.2) is 33.3 Å². The topological polar surface area (TPSA) is 103 Å². The lowest BCUT2D eigenvalue weighted by atomic mass is 10.1. The smallest absolute Gasteiger partial charge is 0.244 e. The third-order valence-corrected chi connectivity index (χ3v) is 5.31. The summed E-state index contributed by atoms with van der Waals surface area (Å²) >= 11 is 1.37. The predicted octanol–water partition coefficient (Wildman–Crippen LogP) is 3.09. The van der Waals surface area contributed by atoms with Crippen LogP contribution in [-0.2, 0) is 17.1 Å². The minimum absolute atomic E-state index is 0.0182. The summed E-state index contributed by atoms with van der Waals surface area (Å²) in [5.41, 5.74) is 2.37. The number of anilines is 1. The highest BCUT2D eigenvalue weighted by Crippen LogP contribution is 2.20. The van der Waals surface area contributed by atoms with E-state index in [0.717, 1.165) is 5.69 Å². The maximum Gasteiger partial charge on any atom is 0.244 e. The fourth-order valence-electron chi connectivity index (χ4n) is 2.80. The number of ether oxygens (including phenoxy) is 1. The van der Waals surface area contributed by atoms with Crippen molar-refractivity contribution in [2.45, 2.75) is 31.3 Å². The SMILES string of the molecule is COc1cn(CC(=O)Nc2ccc(C(C)=O)cc2)c(CSc2nccc(C)n2)cc1=O. The molecule has 0 aliphatic heterocycles. The van der Waals surface area contributed by atoms with Crippen molar-refractivity contribution in [3.63, 3.8) is 0 Å². The molecule has 160 valence electrons. The number of hydrogen-bond acceptors (Lipinski definition) is 7. The van der Waals surface area contributed by atoms with Crippen molar-refractivity contribution in [1.82, 2.24) is 14.5 Å². The number of carbonyl (C=O) groups is 2. The molecule has 0 unspecified atom stereocenters. The van der Waals surface area contributed by atoms with E-state index >= 15 is 0 Å². The minimum Gasteiger partial charge on any atom is -0.491 e. The van der Waals surface area contributed by atoms with Crippen molar-refractivity contribution in [2.24, 2.45) is 0 Å². The molecule has 0 atom stereocenters. The summed E-state index contributed by atoms with van der Waals surface area (Å²) in [5, 5.41) is 3.38. The first-order valence-corrected chi connectivity index (χ1v) is 10.4. The summed E-state index contributed by atoms with van der Waals surface area (Å²) in [6.07, 6.45) is 3.20. The minimum atomic E-state index is -0.278. The lowest BCUT2D eigenvalue weighted by molar-refractivity contribution is -0.116. The van der Waals surface area contributed by atoms with Gasteiger partial charge in [0.15, 0.2) is 16.7 Å². The van der Waals surface area contributed by atoms with E-state index in [1.165, 1.54) is 38.1 Å². The molecule has 1 aromatic carbocycles. The maximum atomic E-state index is 12.6. The number of carbonyl (C=O) groups excluding carboxylic acids is 2. The molecule has 1 amide bonds. The van der Waals surface area contributed by atoms with Crippen LogP contribution in [0, 0.1) is 6.92 Å². The van der Waals surface area contributed by atoms with Crippen LogP contribution >= 0.6 is 11.8 Å². The number of ketones is 1. The van der Waals surface area contributed by atoms with Crippen LogP contribution in [0.1, 0.15) is 28.7 Å². The van der Waals surface area contributed by atoms with Crippen molar-refractivity contribution in [1.29, 1.82) is 0 Å². The largest absolute Gasteiger partial charge is 0.491 e. The van der Waals surface area contributed by atoms with Crippen molar-refractivity contribution in [3.8, 4) is 5.75 Å². The highest BCUT2D eigenvalue weighted by molar-refractivity contribution is 7.98.